The number of nitrogens with zero attached hydrogens (tertiary/aromatic N) is 1. The lowest BCUT2D eigenvalue weighted by Gasteiger charge is -2.23. The standard InChI is InChI=1S/C21H28N4O2/c1-27-17-7-6-15(21(26)23-14-3-2-8-22-11-14)18-19(17)25-20(24-18)16-10-12-4-5-13(16)9-12/h6-7,12-14,16,22H,2-5,8-11H2,1H3,(H,23,26)(H,24,25). The van der Waals surface area contributed by atoms with Crippen molar-refractivity contribution in [2.75, 3.05) is 20.2 Å². The van der Waals surface area contributed by atoms with Gasteiger partial charge in [-0.15, -0.1) is 0 Å². The molecule has 2 heterocycles. The van der Waals surface area contributed by atoms with Crippen LogP contribution in [0.1, 0.15) is 60.6 Å². The van der Waals surface area contributed by atoms with Gasteiger partial charge in [0.05, 0.1) is 12.7 Å². The number of benzene rings is 1. The molecule has 1 aromatic heterocycles. The Bertz CT molecular complexity index is 855. The molecule has 0 radical (unpaired) electrons. The van der Waals surface area contributed by atoms with E-state index in [0.29, 0.717) is 11.5 Å². The number of fused-ring (bicyclic) bond motifs is 3. The fourth-order valence-electron chi connectivity index (χ4n) is 5.43. The SMILES string of the molecule is COc1ccc(C(=O)NC2CCCNC2)c2nc(C3CC4CCC3C4)[nH]c12. The van der Waals surface area contributed by atoms with Crippen molar-refractivity contribution in [2.45, 2.75) is 50.5 Å². The van der Waals surface area contributed by atoms with Crippen LogP contribution >= 0.6 is 0 Å². The highest BCUT2D eigenvalue weighted by Crippen LogP contribution is 2.52. The lowest BCUT2D eigenvalue weighted by molar-refractivity contribution is 0.0932. The highest BCUT2D eigenvalue weighted by Gasteiger charge is 2.41. The van der Waals surface area contributed by atoms with Gasteiger partial charge in [0.1, 0.15) is 22.6 Å². The fourth-order valence-corrected chi connectivity index (χ4v) is 5.43. The van der Waals surface area contributed by atoms with E-state index in [1.54, 1.807) is 7.11 Å². The van der Waals surface area contributed by atoms with Crippen LogP contribution in [0.5, 0.6) is 5.75 Å². The molecule has 2 aromatic rings. The fraction of sp³-hybridized carbons (Fsp3) is 0.619. The molecule has 2 aliphatic carbocycles. The lowest BCUT2D eigenvalue weighted by atomic mass is 9.88. The number of amides is 1. The number of hydrogen-bond acceptors (Lipinski definition) is 4. The third kappa shape index (κ3) is 3.00. The van der Waals surface area contributed by atoms with Crippen molar-refractivity contribution < 1.29 is 9.53 Å². The Morgan fingerprint density at radius 2 is 2.19 bits per heavy atom. The molecule has 2 bridgehead atoms. The Labute approximate surface area is 159 Å². The van der Waals surface area contributed by atoms with Crippen LogP contribution in [-0.4, -0.2) is 42.1 Å². The number of methoxy groups -OCH3 is 1. The van der Waals surface area contributed by atoms with Crippen LogP contribution in [-0.2, 0) is 0 Å². The molecule has 1 saturated heterocycles. The van der Waals surface area contributed by atoms with E-state index in [0.717, 1.165) is 60.4 Å². The summed E-state index contributed by atoms with van der Waals surface area (Å²) in [4.78, 5) is 21.4. The van der Waals surface area contributed by atoms with Crippen LogP contribution < -0.4 is 15.4 Å². The van der Waals surface area contributed by atoms with E-state index < -0.39 is 0 Å². The van der Waals surface area contributed by atoms with Crippen LogP contribution in [0, 0.1) is 11.8 Å². The number of carbonyl (C=O) groups excluding carboxylic acids is 1. The van der Waals surface area contributed by atoms with Crippen LogP contribution in [0.25, 0.3) is 11.0 Å². The number of H-pyrrole nitrogens is 1. The molecule has 3 fully saturated rings. The first-order chi connectivity index (χ1) is 13.2. The maximum absolute atomic E-state index is 13.0. The largest absolute Gasteiger partial charge is 0.494 e. The van der Waals surface area contributed by atoms with Gasteiger partial charge in [0.2, 0.25) is 0 Å². The van der Waals surface area contributed by atoms with Crippen molar-refractivity contribution in [3.63, 3.8) is 0 Å². The van der Waals surface area contributed by atoms with Gasteiger partial charge < -0.3 is 20.4 Å². The minimum atomic E-state index is -0.0395. The average Bonchev–Trinajstić information content (AvgIpc) is 3.42. The third-order valence-electron chi connectivity index (χ3n) is 6.81. The summed E-state index contributed by atoms with van der Waals surface area (Å²) in [6, 6.07) is 3.91. The monoisotopic (exact) mass is 368 g/mol. The van der Waals surface area contributed by atoms with Crippen molar-refractivity contribution in [2.24, 2.45) is 11.8 Å². The topological polar surface area (TPSA) is 79.0 Å². The van der Waals surface area contributed by atoms with Crippen LogP contribution in [0.4, 0.5) is 0 Å². The van der Waals surface area contributed by atoms with Crippen molar-refractivity contribution in [3.8, 4) is 5.75 Å². The number of nitrogens with one attached hydrogen (secondary N) is 3. The normalized spacial score (nSPS) is 30.0. The van der Waals surface area contributed by atoms with Crippen molar-refractivity contribution in [3.05, 3.63) is 23.5 Å². The zero-order valence-electron chi connectivity index (χ0n) is 15.9. The van der Waals surface area contributed by atoms with E-state index in [-0.39, 0.29) is 11.9 Å². The summed E-state index contributed by atoms with van der Waals surface area (Å²) in [6.45, 7) is 1.87. The summed E-state index contributed by atoms with van der Waals surface area (Å²) >= 11 is 0. The van der Waals surface area contributed by atoms with E-state index in [9.17, 15) is 4.79 Å². The first-order valence-corrected chi connectivity index (χ1v) is 10.3. The van der Waals surface area contributed by atoms with Crippen molar-refractivity contribution >= 4 is 16.9 Å². The van der Waals surface area contributed by atoms with Gasteiger partial charge in [0.15, 0.2) is 0 Å². The quantitative estimate of drug-likeness (QED) is 0.775. The molecule has 0 spiro atoms. The van der Waals surface area contributed by atoms with Gasteiger partial charge in [-0.25, -0.2) is 4.98 Å². The summed E-state index contributed by atoms with van der Waals surface area (Å²) in [6.07, 6.45) is 7.36. The summed E-state index contributed by atoms with van der Waals surface area (Å²) in [5.74, 6) is 3.85. The number of imidazole rings is 1. The Balaban J connectivity index is 1.48. The van der Waals surface area contributed by atoms with Gasteiger partial charge in [0, 0.05) is 18.5 Å². The lowest BCUT2D eigenvalue weighted by Crippen LogP contribution is -2.45. The molecule has 1 aliphatic heterocycles. The van der Waals surface area contributed by atoms with Crippen LogP contribution in [0.3, 0.4) is 0 Å². The maximum Gasteiger partial charge on any atom is 0.253 e. The molecule has 1 amide bonds. The van der Waals surface area contributed by atoms with E-state index >= 15 is 0 Å². The number of aromatic amines is 1. The molecule has 3 N–H and O–H groups in total. The summed E-state index contributed by atoms with van der Waals surface area (Å²) in [5.41, 5.74) is 2.24. The number of piperidine rings is 1. The number of carbonyl (C=O) groups is 1. The van der Waals surface area contributed by atoms with Gasteiger partial charge in [-0.1, -0.05) is 6.42 Å². The third-order valence-corrected chi connectivity index (χ3v) is 6.81. The molecule has 4 atom stereocenters. The molecule has 2 saturated carbocycles. The molecule has 1 aromatic carbocycles. The van der Waals surface area contributed by atoms with E-state index in [1.807, 2.05) is 12.1 Å². The minimum Gasteiger partial charge on any atom is -0.494 e. The van der Waals surface area contributed by atoms with Crippen LogP contribution in [0.15, 0.2) is 12.1 Å². The summed E-state index contributed by atoms with van der Waals surface area (Å²) in [7, 11) is 1.67. The van der Waals surface area contributed by atoms with Gasteiger partial charge in [-0.05, 0) is 62.6 Å². The van der Waals surface area contributed by atoms with Gasteiger partial charge >= 0.3 is 0 Å². The Morgan fingerprint density at radius 1 is 1.26 bits per heavy atom. The first kappa shape index (κ1) is 17.0. The molecule has 4 unspecified atom stereocenters. The maximum atomic E-state index is 13.0. The van der Waals surface area contributed by atoms with Gasteiger partial charge in [-0.2, -0.15) is 0 Å². The average molecular weight is 368 g/mol. The number of aromatic nitrogens is 2. The van der Waals surface area contributed by atoms with Gasteiger partial charge in [-0.3, -0.25) is 4.79 Å². The molecule has 6 nitrogen and oxygen atoms in total. The Morgan fingerprint density at radius 3 is 2.89 bits per heavy atom. The van der Waals surface area contributed by atoms with Gasteiger partial charge in [0.25, 0.3) is 5.91 Å². The van der Waals surface area contributed by atoms with Crippen molar-refractivity contribution in [1.29, 1.82) is 0 Å². The highest BCUT2D eigenvalue weighted by molar-refractivity contribution is 6.06. The summed E-state index contributed by atoms with van der Waals surface area (Å²) in [5, 5.41) is 6.52. The Kier molecular flexibility index (Phi) is 4.31. The molecule has 3 aliphatic rings. The predicted molar refractivity (Wildman–Crippen MR) is 104 cm³/mol. The van der Waals surface area contributed by atoms with E-state index in [1.165, 1.54) is 25.7 Å². The van der Waals surface area contributed by atoms with E-state index in [2.05, 4.69) is 15.6 Å². The van der Waals surface area contributed by atoms with Crippen LogP contribution in [0.2, 0.25) is 0 Å². The molecule has 144 valence electrons. The minimum absolute atomic E-state index is 0.0395. The second-order valence-corrected chi connectivity index (χ2v) is 8.46. The molecule has 6 heteroatoms. The number of hydrogen-bond donors (Lipinski definition) is 3. The molecule has 5 rings (SSSR count). The number of ether oxygens (including phenoxy) is 1. The smallest absolute Gasteiger partial charge is 0.253 e. The predicted octanol–water partition coefficient (Wildman–Crippen LogP) is 2.96. The first-order valence-electron chi connectivity index (χ1n) is 10.3. The molecular formula is C21H28N4O2. The zero-order valence-corrected chi connectivity index (χ0v) is 15.9. The highest BCUT2D eigenvalue weighted by atomic mass is 16.5. The van der Waals surface area contributed by atoms with Crippen molar-refractivity contribution in [1.82, 2.24) is 20.6 Å². The second-order valence-electron chi connectivity index (χ2n) is 8.46. The van der Waals surface area contributed by atoms with E-state index in [4.69, 9.17) is 9.72 Å². The summed E-state index contributed by atoms with van der Waals surface area (Å²) < 4.78 is 5.54. The number of rotatable bonds is 4. The second kappa shape index (κ2) is 6.82. The molecule has 27 heavy (non-hydrogen) atoms. The molecular weight excluding hydrogens is 340 g/mol. The zero-order chi connectivity index (χ0) is 18.4. The Hall–Kier alpha value is -2.08.